The average Bonchev–Trinajstić information content (AvgIpc) is 3.04. The molecule has 1 atom stereocenters. The smallest absolute Gasteiger partial charge is 0.305 e. The molecule has 18 heavy (non-hydrogen) atoms. The van der Waals surface area contributed by atoms with Crippen LogP contribution in [0.4, 0.5) is 0 Å². The van der Waals surface area contributed by atoms with Gasteiger partial charge in [0.1, 0.15) is 0 Å². The van der Waals surface area contributed by atoms with Crippen LogP contribution in [0.25, 0.3) is 0 Å². The van der Waals surface area contributed by atoms with Crippen LogP contribution in [-0.4, -0.2) is 19.1 Å². The minimum Gasteiger partial charge on any atom is -0.466 e. The summed E-state index contributed by atoms with van der Waals surface area (Å²) < 4.78 is 4.92. The summed E-state index contributed by atoms with van der Waals surface area (Å²) in [5.74, 6) is 0.713. The molecule has 0 aromatic carbocycles. The lowest BCUT2D eigenvalue weighted by Gasteiger charge is -2.16. The summed E-state index contributed by atoms with van der Waals surface area (Å²) in [5, 5.41) is 5.71. The van der Waals surface area contributed by atoms with Crippen molar-refractivity contribution in [2.24, 2.45) is 5.92 Å². The van der Waals surface area contributed by atoms with E-state index in [0.717, 1.165) is 18.9 Å². The molecule has 0 radical (unpaired) electrons. The van der Waals surface area contributed by atoms with Gasteiger partial charge in [-0.25, -0.2) is 0 Å². The van der Waals surface area contributed by atoms with Crippen LogP contribution in [0.15, 0.2) is 17.5 Å². The molecule has 1 aliphatic carbocycles. The molecule has 1 N–H and O–H groups in total. The summed E-state index contributed by atoms with van der Waals surface area (Å²) in [6.07, 6.45) is 4.02. The van der Waals surface area contributed by atoms with Crippen molar-refractivity contribution >= 4 is 17.3 Å². The Balaban J connectivity index is 1.69. The molecule has 0 spiro atoms. The van der Waals surface area contributed by atoms with E-state index < -0.39 is 0 Å². The highest BCUT2D eigenvalue weighted by atomic mass is 32.1. The van der Waals surface area contributed by atoms with E-state index in [1.807, 2.05) is 18.3 Å². The summed E-state index contributed by atoms with van der Waals surface area (Å²) in [6.45, 7) is 3.21. The molecule has 2 rings (SSSR count). The molecular weight excluding hydrogens is 246 g/mol. The van der Waals surface area contributed by atoms with Crippen molar-refractivity contribution < 1.29 is 9.53 Å². The van der Waals surface area contributed by atoms with Crippen LogP contribution in [0, 0.1) is 5.92 Å². The van der Waals surface area contributed by atoms with Gasteiger partial charge in [-0.1, -0.05) is 6.07 Å². The first kappa shape index (κ1) is 13.6. The first-order chi connectivity index (χ1) is 8.81. The molecule has 0 saturated heterocycles. The largest absolute Gasteiger partial charge is 0.466 e. The second-order valence-corrected chi connectivity index (χ2v) is 5.67. The van der Waals surface area contributed by atoms with Gasteiger partial charge in [0.2, 0.25) is 0 Å². The Kier molecular flexibility index (Phi) is 5.20. The van der Waals surface area contributed by atoms with E-state index in [9.17, 15) is 4.79 Å². The number of carbonyl (C=O) groups is 1. The molecule has 3 nitrogen and oxygen atoms in total. The van der Waals surface area contributed by atoms with Gasteiger partial charge in [-0.3, -0.25) is 4.79 Å². The standard InChI is InChI=1S/C14H21NO2S/c1-2-17-13(16)6-3-9-15-14(11-7-8-11)12-5-4-10-18-12/h4-5,10-11,14-15H,2-3,6-9H2,1H3. The predicted molar refractivity (Wildman–Crippen MR) is 73.7 cm³/mol. The molecule has 0 bridgehead atoms. The maximum atomic E-state index is 11.2. The molecule has 1 aromatic rings. The van der Waals surface area contributed by atoms with E-state index in [-0.39, 0.29) is 5.97 Å². The van der Waals surface area contributed by atoms with Crippen molar-refractivity contribution in [3.8, 4) is 0 Å². The first-order valence-corrected chi connectivity index (χ1v) is 7.61. The topological polar surface area (TPSA) is 38.3 Å². The molecule has 1 saturated carbocycles. The van der Waals surface area contributed by atoms with Crippen LogP contribution in [0.1, 0.15) is 43.5 Å². The number of thiophene rings is 1. The summed E-state index contributed by atoms with van der Waals surface area (Å²) in [7, 11) is 0. The van der Waals surface area contributed by atoms with E-state index in [1.54, 1.807) is 0 Å². The van der Waals surface area contributed by atoms with Crippen molar-refractivity contribution in [2.45, 2.75) is 38.6 Å². The van der Waals surface area contributed by atoms with Gasteiger partial charge >= 0.3 is 5.97 Å². The zero-order valence-electron chi connectivity index (χ0n) is 10.9. The van der Waals surface area contributed by atoms with Crippen molar-refractivity contribution in [1.29, 1.82) is 0 Å². The van der Waals surface area contributed by atoms with Crippen LogP contribution in [0.5, 0.6) is 0 Å². The van der Waals surface area contributed by atoms with Gasteiger partial charge in [-0.15, -0.1) is 11.3 Å². The summed E-state index contributed by atoms with van der Waals surface area (Å²) in [5.41, 5.74) is 0. The van der Waals surface area contributed by atoms with Crippen LogP contribution < -0.4 is 5.32 Å². The molecule has 1 fully saturated rings. The van der Waals surface area contributed by atoms with E-state index in [1.165, 1.54) is 17.7 Å². The monoisotopic (exact) mass is 267 g/mol. The fourth-order valence-corrected chi connectivity index (χ4v) is 3.01. The summed E-state index contributed by atoms with van der Waals surface area (Å²) >= 11 is 1.82. The second-order valence-electron chi connectivity index (χ2n) is 4.69. The molecule has 1 unspecified atom stereocenters. The molecule has 1 aromatic heterocycles. The third-order valence-corrected chi connectivity index (χ3v) is 4.13. The Morgan fingerprint density at radius 3 is 3.06 bits per heavy atom. The SMILES string of the molecule is CCOC(=O)CCCNC(c1cccs1)C1CC1. The zero-order chi connectivity index (χ0) is 12.8. The number of hydrogen-bond acceptors (Lipinski definition) is 4. The van der Waals surface area contributed by atoms with E-state index in [2.05, 4.69) is 22.8 Å². The highest BCUT2D eigenvalue weighted by molar-refractivity contribution is 7.10. The summed E-state index contributed by atoms with van der Waals surface area (Å²) in [4.78, 5) is 12.6. The van der Waals surface area contributed by atoms with E-state index in [0.29, 0.717) is 19.1 Å². The number of ether oxygens (including phenoxy) is 1. The lowest BCUT2D eigenvalue weighted by atomic mass is 10.1. The fourth-order valence-electron chi connectivity index (χ4n) is 2.12. The number of carbonyl (C=O) groups excluding carboxylic acids is 1. The Morgan fingerprint density at radius 2 is 2.44 bits per heavy atom. The Labute approximate surface area is 113 Å². The van der Waals surface area contributed by atoms with Crippen LogP contribution in [-0.2, 0) is 9.53 Å². The van der Waals surface area contributed by atoms with Gasteiger partial charge in [0.15, 0.2) is 0 Å². The van der Waals surface area contributed by atoms with Gasteiger partial charge in [0.25, 0.3) is 0 Å². The van der Waals surface area contributed by atoms with Crippen molar-refractivity contribution in [1.82, 2.24) is 5.32 Å². The maximum absolute atomic E-state index is 11.2. The van der Waals surface area contributed by atoms with Gasteiger partial charge in [0, 0.05) is 17.3 Å². The van der Waals surface area contributed by atoms with Crippen molar-refractivity contribution in [3.63, 3.8) is 0 Å². The minimum atomic E-state index is -0.0848. The van der Waals surface area contributed by atoms with Gasteiger partial charge < -0.3 is 10.1 Å². The number of nitrogens with one attached hydrogen (secondary N) is 1. The van der Waals surface area contributed by atoms with Gasteiger partial charge in [-0.2, -0.15) is 0 Å². The molecular formula is C14H21NO2S. The van der Waals surface area contributed by atoms with Crippen LogP contribution >= 0.6 is 11.3 Å². The number of esters is 1. The molecule has 100 valence electrons. The number of rotatable bonds is 8. The van der Waals surface area contributed by atoms with Gasteiger partial charge in [0.05, 0.1) is 6.61 Å². The normalized spacial score (nSPS) is 16.5. The average molecular weight is 267 g/mol. The molecule has 0 aliphatic heterocycles. The highest BCUT2D eigenvalue weighted by Gasteiger charge is 2.32. The third-order valence-electron chi connectivity index (χ3n) is 3.17. The molecule has 4 heteroatoms. The van der Waals surface area contributed by atoms with Crippen molar-refractivity contribution in [3.05, 3.63) is 22.4 Å². The fraction of sp³-hybridized carbons (Fsp3) is 0.643. The lowest BCUT2D eigenvalue weighted by Crippen LogP contribution is -2.24. The van der Waals surface area contributed by atoms with E-state index >= 15 is 0 Å². The Bertz CT molecular complexity index is 360. The highest BCUT2D eigenvalue weighted by Crippen LogP contribution is 2.42. The van der Waals surface area contributed by atoms with Crippen LogP contribution in [0.3, 0.4) is 0 Å². The minimum absolute atomic E-state index is 0.0848. The van der Waals surface area contributed by atoms with Crippen molar-refractivity contribution in [2.75, 3.05) is 13.2 Å². The first-order valence-electron chi connectivity index (χ1n) is 6.73. The molecule has 1 heterocycles. The third kappa shape index (κ3) is 4.10. The summed E-state index contributed by atoms with van der Waals surface area (Å²) in [6, 6.07) is 4.80. The predicted octanol–water partition coefficient (Wildman–Crippen LogP) is 3.13. The number of hydrogen-bond donors (Lipinski definition) is 1. The Morgan fingerprint density at radius 1 is 1.61 bits per heavy atom. The van der Waals surface area contributed by atoms with Crippen LogP contribution in [0.2, 0.25) is 0 Å². The maximum Gasteiger partial charge on any atom is 0.305 e. The Hall–Kier alpha value is -0.870. The zero-order valence-corrected chi connectivity index (χ0v) is 11.7. The molecule has 0 amide bonds. The molecule has 1 aliphatic rings. The second kappa shape index (κ2) is 6.90. The lowest BCUT2D eigenvalue weighted by molar-refractivity contribution is -0.143. The van der Waals surface area contributed by atoms with Gasteiger partial charge in [-0.05, 0) is 50.1 Å². The quantitative estimate of drug-likeness (QED) is 0.581. The van der Waals surface area contributed by atoms with E-state index in [4.69, 9.17) is 4.74 Å².